The SMILES string of the molecule is CC1Oc2ccc(CN3CCN(c4ncc(-c5ccccc5)s4)CC3)cc2O1. The molecule has 0 saturated carbocycles. The number of nitrogens with zero attached hydrogens (tertiary/aromatic N) is 3. The minimum atomic E-state index is -0.187. The van der Waals surface area contributed by atoms with Gasteiger partial charge in [-0.05, 0) is 23.3 Å². The van der Waals surface area contributed by atoms with E-state index in [0.717, 1.165) is 49.4 Å². The molecule has 0 spiro atoms. The van der Waals surface area contributed by atoms with Gasteiger partial charge in [-0.15, -0.1) is 0 Å². The minimum Gasteiger partial charge on any atom is -0.451 e. The molecule has 5 rings (SSSR count). The molecule has 1 atom stereocenters. The van der Waals surface area contributed by atoms with Crippen molar-refractivity contribution in [2.24, 2.45) is 0 Å². The summed E-state index contributed by atoms with van der Waals surface area (Å²) in [4.78, 5) is 10.8. The van der Waals surface area contributed by atoms with Gasteiger partial charge in [0.05, 0.1) is 4.88 Å². The van der Waals surface area contributed by atoms with Crippen LogP contribution in [0.2, 0.25) is 0 Å². The molecular weight excluding hydrogens is 370 g/mol. The fourth-order valence-electron chi connectivity index (χ4n) is 3.72. The zero-order valence-corrected chi connectivity index (χ0v) is 16.7. The Kier molecular flexibility index (Phi) is 4.66. The van der Waals surface area contributed by atoms with Crippen molar-refractivity contribution in [3.63, 3.8) is 0 Å². The first-order valence-electron chi connectivity index (χ1n) is 9.69. The van der Waals surface area contributed by atoms with Gasteiger partial charge in [0, 0.05) is 45.8 Å². The van der Waals surface area contributed by atoms with E-state index in [-0.39, 0.29) is 6.29 Å². The third kappa shape index (κ3) is 3.57. The standard InChI is InChI=1S/C22H23N3O2S/c1-16-26-19-8-7-17(13-20(19)27-16)15-24-9-11-25(12-10-24)22-23-14-21(28-22)18-5-3-2-4-6-18/h2-8,13-14,16H,9-12,15H2,1H3. The number of ether oxygens (including phenoxy) is 2. The predicted molar refractivity (Wildman–Crippen MR) is 112 cm³/mol. The van der Waals surface area contributed by atoms with Crippen molar-refractivity contribution in [3.05, 3.63) is 60.3 Å². The number of piperazine rings is 1. The summed E-state index contributed by atoms with van der Waals surface area (Å²) >= 11 is 1.78. The first kappa shape index (κ1) is 17.5. The van der Waals surface area contributed by atoms with Crippen molar-refractivity contribution in [3.8, 4) is 21.9 Å². The van der Waals surface area contributed by atoms with Gasteiger partial charge in [0.2, 0.25) is 6.29 Å². The molecule has 3 aromatic rings. The second-order valence-electron chi connectivity index (χ2n) is 7.22. The van der Waals surface area contributed by atoms with Crippen LogP contribution in [0, 0.1) is 0 Å². The zero-order chi connectivity index (χ0) is 18.9. The highest BCUT2D eigenvalue weighted by molar-refractivity contribution is 7.18. The van der Waals surface area contributed by atoms with E-state index < -0.39 is 0 Å². The van der Waals surface area contributed by atoms with Crippen molar-refractivity contribution in [1.29, 1.82) is 0 Å². The molecule has 1 fully saturated rings. The Morgan fingerprint density at radius 1 is 1.00 bits per heavy atom. The second kappa shape index (κ2) is 7.45. The fourth-order valence-corrected chi connectivity index (χ4v) is 4.70. The number of thiazole rings is 1. The molecule has 6 heteroatoms. The van der Waals surface area contributed by atoms with Crippen LogP contribution in [-0.2, 0) is 6.54 Å². The Morgan fingerprint density at radius 2 is 1.79 bits per heavy atom. The minimum absolute atomic E-state index is 0.187. The van der Waals surface area contributed by atoms with Crippen LogP contribution in [0.3, 0.4) is 0 Å². The second-order valence-corrected chi connectivity index (χ2v) is 8.23. The van der Waals surface area contributed by atoms with Crippen LogP contribution >= 0.6 is 11.3 Å². The van der Waals surface area contributed by atoms with Gasteiger partial charge < -0.3 is 14.4 Å². The summed E-state index contributed by atoms with van der Waals surface area (Å²) in [6, 6.07) is 16.7. The highest BCUT2D eigenvalue weighted by atomic mass is 32.1. The maximum absolute atomic E-state index is 5.69. The number of fused-ring (bicyclic) bond motifs is 1. The summed E-state index contributed by atoms with van der Waals surface area (Å²) in [5, 5.41) is 1.12. The molecule has 2 aliphatic rings. The lowest BCUT2D eigenvalue weighted by atomic mass is 10.1. The number of aromatic nitrogens is 1. The van der Waals surface area contributed by atoms with Gasteiger partial charge in [-0.25, -0.2) is 4.98 Å². The van der Waals surface area contributed by atoms with Crippen LogP contribution in [0.5, 0.6) is 11.5 Å². The molecule has 1 unspecified atom stereocenters. The molecule has 5 nitrogen and oxygen atoms in total. The summed E-state index contributed by atoms with van der Waals surface area (Å²) in [5.74, 6) is 1.71. The number of hydrogen-bond donors (Lipinski definition) is 0. The van der Waals surface area contributed by atoms with Crippen molar-refractivity contribution in [1.82, 2.24) is 9.88 Å². The van der Waals surface area contributed by atoms with Gasteiger partial charge in [0.1, 0.15) is 0 Å². The Labute approximate surface area is 169 Å². The van der Waals surface area contributed by atoms with Crippen LogP contribution in [-0.4, -0.2) is 42.4 Å². The molecule has 144 valence electrons. The third-order valence-electron chi connectivity index (χ3n) is 5.19. The summed E-state index contributed by atoms with van der Waals surface area (Å²) in [5.41, 5.74) is 2.51. The van der Waals surface area contributed by atoms with Crippen LogP contribution in [0.15, 0.2) is 54.7 Å². The van der Waals surface area contributed by atoms with Gasteiger partial charge in [0.25, 0.3) is 0 Å². The molecular formula is C22H23N3O2S. The van der Waals surface area contributed by atoms with Crippen LogP contribution in [0.25, 0.3) is 10.4 Å². The van der Waals surface area contributed by atoms with Gasteiger partial charge in [-0.3, -0.25) is 4.90 Å². The number of rotatable bonds is 4. The molecule has 1 aromatic heterocycles. The van der Waals surface area contributed by atoms with E-state index in [1.165, 1.54) is 16.0 Å². The first-order valence-corrected chi connectivity index (χ1v) is 10.5. The maximum atomic E-state index is 5.69. The molecule has 1 saturated heterocycles. The van der Waals surface area contributed by atoms with E-state index in [4.69, 9.17) is 9.47 Å². The quantitative estimate of drug-likeness (QED) is 0.662. The van der Waals surface area contributed by atoms with Crippen molar-refractivity contribution in [2.75, 3.05) is 31.1 Å². The predicted octanol–water partition coefficient (Wildman–Crippen LogP) is 4.25. The van der Waals surface area contributed by atoms with E-state index in [1.807, 2.05) is 25.3 Å². The van der Waals surface area contributed by atoms with E-state index in [0.29, 0.717) is 0 Å². The highest BCUT2D eigenvalue weighted by Crippen LogP contribution is 2.36. The normalized spacial score (nSPS) is 19.2. The molecule has 28 heavy (non-hydrogen) atoms. The molecule has 0 radical (unpaired) electrons. The first-order chi connectivity index (χ1) is 13.7. The van der Waals surface area contributed by atoms with Gasteiger partial charge in [0.15, 0.2) is 16.6 Å². The Balaban J connectivity index is 1.19. The molecule has 2 aromatic carbocycles. The lowest BCUT2D eigenvalue weighted by Crippen LogP contribution is -2.45. The number of anilines is 1. The number of hydrogen-bond acceptors (Lipinski definition) is 6. The lowest BCUT2D eigenvalue weighted by molar-refractivity contribution is 0.0678. The van der Waals surface area contributed by atoms with Crippen LogP contribution in [0.1, 0.15) is 12.5 Å². The average molecular weight is 394 g/mol. The Bertz CT molecular complexity index is 951. The largest absolute Gasteiger partial charge is 0.451 e. The fraction of sp³-hybridized carbons (Fsp3) is 0.318. The Morgan fingerprint density at radius 3 is 2.61 bits per heavy atom. The summed E-state index contributed by atoms with van der Waals surface area (Å²) in [7, 11) is 0. The maximum Gasteiger partial charge on any atom is 0.238 e. The summed E-state index contributed by atoms with van der Waals surface area (Å²) < 4.78 is 11.3. The summed E-state index contributed by atoms with van der Waals surface area (Å²) in [6.45, 7) is 6.93. The van der Waals surface area contributed by atoms with Crippen molar-refractivity contribution in [2.45, 2.75) is 19.8 Å². The lowest BCUT2D eigenvalue weighted by Gasteiger charge is -2.34. The third-order valence-corrected chi connectivity index (χ3v) is 6.30. The topological polar surface area (TPSA) is 37.8 Å². The van der Waals surface area contributed by atoms with E-state index in [2.05, 4.69) is 51.2 Å². The molecule has 2 aliphatic heterocycles. The van der Waals surface area contributed by atoms with Gasteiger partial charge in [-0.1, -0.05) is 47.7 Å². The zero-order valence-electron chi connectivity index (χ0n) is 15.9. The Hall–Kier alpha value is -2.57. The van der Waals surface area contributed by atoms with E-state index >= 15 is 0 Å². The highest BCUT2D eigenvalue weighted by Gasteiger charge is 2.22. The van der Waals surface area contributed by atoms with Gasteiger partial charge in [-0.2, -0.15) is 0 Å². The number of benzene rings is 2. The smallest absolute Gasteiger partial charge is 0.238 e. The molecule has 0 aliphatic carbocycles. The van der Waals surface area contributed by atoms with E-state index in [1.54, 1.807) is 11.3 Å². The monoisotopic (exact) mass is 393 g/mol. The summed E-state index contributed by atoms with van der Waals surface area (Å²) in [6.07, 6.45) is 1.81. The van der Waals surface area contributed by atoms with Crippen molar-refractivity contribution < 1.29 is 9.47 Å². The van der Waals surface area contributed by atoms with Crippen LogP contribution < -0.4 is 14.4 Å². The average Bonchev–Trinajstić information content (AvgIpc) is 3.35. The van der Waals surface area contributed by atoms with Gasteiger partial charge >= 0.3 is 0 Å². The van der Waals surface area contributed by atoms with Crippen molar-refractivity contribution >= 4 is 16.5 Å². The van der Waals surface area contributed by atoms with E-state index in [9.17, 15) is 0 Å². The van der Waals surface area contributed by atoms with Crippen LogP contribution in [0.4, 0.5) is 5.13 Å². The molecule has 0 bridgehead atoms. The molecule has 0 N–H and O–H groups in total. The molecule has 0 amide bonds. The molecule has 3 heterocycles.